The Morgan fingerprint density at radius 1 is 1.47 bits per heavy atom. The summed E-state index contributed by atoms with van der Waals surface area (Å²) in [5, 5.41) is 6.59. The Morgan fingerprint density at radius 3 is 2.80 bits per heavy atom. The predicted octanol–water partition coefficient (Wildman–Crippen LogP) is 2.18. The van der Waals surface area contributed by atoms with Crippen LogP contribution in [0.25, 0.3) is 0 Å². The van der Waals surface area contributed by atoms with Crippen LogP contribution in [-0.2, 0) is 0 Å². The van der Waals surface area contributed by atoms with Gasteiger partial charge in [0.25, 0.3) is 0 Å². The maximum atomic E-state index is 4.45. The van der Waals surface area contributed by atoms with E-state index in [2.05, 4.69) is 27.5 Å². The highest BCUT2D eigenvalue weighted by Crippen LogP contribution is 2.38. The molecule has 2 N–H and O–H groups in total. The molecule has 4 heteroatoms. The number of nitrogens with zero attached hydrogens (tertiary/aromatic N) is 2. The van der Waals surface area contributed by atoms with Crippen LogP contribution in [0.5, 0.6) is 0 Å². The van der Waals surface area contributed by atoms with Gasteiger partial charge in [0.05, 0.1) is 0 Å². The number of nitrogens with one attached hydrogen (secondary N) is 2. The van der Waals surface area contributed by atoms with Gasteiger partial charge >= 0.3 is 0 Å². The number of hydrogen-bond acceptors (Lipinski definition) is 4. The maximum Gasteiger partial charge on any atom is 0.224 e. The first-order valence-electron chi connectivity index (χ1n) is 5.49. The Morgan fingerprint density at radius 2 is 2.20 bits per heavy atom. The number of aryl methyl sites for hydroxylation is 1. The van der Waals surface area contributed by atoms with Crippen molar-refractivity contribution in [1.29, 1.82) is 0 Å². The number of hydrogen-bond donors (Lipinski definition) is 2. The molecule has 0 aromatic carbocycles. The molecule has 0 aliphatic heterocycles. The smallest absolute Gasteiger partial charge is 0.224 e. The van der Waals surface area contributed by atoms with E-state index in [1.54, 1.807) is 0 Å². The Bertz CT molecular complexity index is 358. The molecule has 1 aliphatic rings. The normalized spacial score (nSPS) is 17.3. The average molecular weight is 206 g/mol. The minimum absolute atomic E-state index is 0.266. The molecule has 0 bridgehead atoms. The van der Waals surface area contributed by atoms with Crippen molar-refractivity contribution in [2.45, 2.75) is 39.2 Å². The number of anilines is 2. The van der Waals surface area contributed by atoms with Crippen LogP contribution < -0.4 is 10.6 Å². The lowest BCUT2D eigenvalue weighted by Crippen LogP contribution is -2.18. The second kappa shape index (κ2) is 3.68. The van der Waals surface area contributed by atoms with Gasteiger partial charge in [0.2, 0.25) is 5.95 Å². The summed E-state index contributed by atoms with van der Waals surface area (Å²) in [6.07, 6.45) is 4.32. The standard InChI is InChI=1S/C11H18N4/c1-4-12-10-13-7-8(2)9(14-10)15-11(3)5-6-11/h7H,4-6H2,1-3H3,(H2,12,13,14,15). The lowest BCUT2D eigenvalue weighted by atomic mass is 10.3. The van der Waals surface area contributed by atoms with Crippen LogP contribution in [0.15, 0.2) is 6.20 Å². The summed E-state index contributed by atoms with van der Waals surface area (Å²) in [4.78, 5) is 8.67. The van der Waals surface area contributed by atoms with Crippen molar-refractivity contribution < 1.29 is 0 Å². The van der Waals surface area contributed by atoms with Gasteiger partial charge in [0.1, 0.15) is 5.82 Å². The molecule has 1 aromatic rings. The third-order valence-corrected chi connectivity index (χ3v) is 2.73. The summed E-state index contributed by atoms with van der Waals surface area (Å²) < 4.78 is 0. The van der Waals surface area contributed by atoms with Crippen molar-refractivity contribution >= 4 is 11.8 Å². The molecule has 1 saturated carbocycles. The third kappa shape index (κ3) is 2.37. The quantitative estimate of drug-likeness (QED) is 0.792. The van der Waals surface area contributed by atoms with Gasteiger partial charge in [0, 0.05) is 23.8 Å². The Balaban J connectivity index is 2.16. The zero-order valence-corrected chi connectivity index (χ0v) is 9.59. The topological polar surface area (TPSA) is 49.8 Å². The van der Waals surface area contributed by atoms with Gasteiger partial charge in [0.15, 0.2) is 0 Å². The van der Waals surface area contributed by atoms with Crippen molar-refractivity contribution in [3.05, 3.63) is 11.8 Å². The van der Waals surface area contributed by atoms with Gasteiger partial charge < -0.3 is 10.6 Å². The van der Waals surface area contributed by atoms with Crippen LogP contribution in [0.4, 0.5) is 11.8 Å². The first-order chi connectivity index (χ1) is 7.13. The molecule has 1 heterocycles. The van der Waals surface area contributed by atoms with Gasteiger partial charge in [-0.25, -0.2) is 4.98 Å². The predicted molar refractivity (Wildman–Crippen MR) is 62.2 cm³/mol. The molecule has 0 spiro atoms. The van der Waals surface area contributed by atoms with E-state index in [1.165, 1.54) is 12.8 Å². The van der Waals surface area contributed by atoms with Gasteiger partial charge in [-0.15, -0.1) is 0 Å². The Hall–Kier alpha value is -1.32. The van der Waals surface area contributed by atoms with Crippen molar-refractivity contribution in [3.8, 4) is 0 Å². The van der Waals surface area contributed by atoms with Crippen molar-refractivity contribution in [3.63, 3.8) is 0 Å². The molecule has 0 radical (unpaired) electrons. The third-order valence-electron chi connectivity index (χ3n) is 2.73. The molecule has 1 aliphatic carbocycles. The molecule has 82 valence electrons. The van der Waals surface area contributed by atoms with Gasteiger partial charge in [-0.2, -0.15) is 4.98 Å². The SMILES string of the molecule is CCNc1ncc(C)c(NC2(C)CC2)n1. The highest BCUT2D eigenvalue weighted by Gasteiger charge is 2.37. The van der Waals surface area contributed by atoms with Crippen LogP contribution in [0.1, 0.15) is 32.3 Å². The first kappa shape index (κ1) is 10.2. The largest absolute Gasteiger partial charge is 0.365 e. The van der Waals surface area contributed by atoms with Crippen LogP contribution >= 0.6 is 0 Å². The van der Waals surface area contributed by atoms with E-state index in [4.69, 9.17) is 0 Å². The fourth-order valence-electron chi connectivity index (χ4n) is 1.41. The van der Waals surface area contributed by atoms with E-state index in [-0.39, 0.29) is 5.54 Å². The second-order valence-electron chi connectivity index (χ2n) is 4.44. The molecule has 2 rings (SSSR count). The average Bonchev–Trinajstić information content (AvgIpc) is 2.90. The molecular formula is C11H18N4. The molecule has 15 heavy (non-hydrogen) atoms. The molecule has 1 aromatic heterocycles. The molecule has 0 unspecified atom stereocenters. The zero-order chi connectivity index (χ0) is 10.9. The highest BCUT2D eigenvalue weighted by molar-refractivity contribution is 5.49. The fraction of sp³-hybridized carbons (Fsp3) is 0.636. The summed E-state index contributed by atoms with van der Waals surface area (Å²) in [5.41, 5.74) is 1.37. The van der Waals surface area contributed by atoms with E-state index in [1.807, 2.05) is 20.0 Å². The van der Waals surface area contributed by atoms with E-state index in [0.29, 0.717) is 5.95 Å². The summed E-state index contributed by atoms with van der Waals surface area (Å²) in [6.45, 7) is 7.14. The van der Waals surface area contributed by atoms with Crippen molar-refractivity contribution in [2.24, 2.45) is 0 Å². The van der Waals surface area contributed by atoms with Crippen LogP contribution in [-0.4, -0.2) is 22.1 Å². The Labute approximate surface area is 90.5 Å². The maximum absolute atomic E-state index is 4.45. The minimum Gasteiger partial charge on any atom is -0.365 e. The fourth-order valence-corrected chi connectivity index (χ4v) is 1.41. The first-order valence-corrected chi connectivity index (χ1v) is 5.49. The lowest BCUT2D eigenvalue weighted by molar-refractivity contribution is 0.816. The monoisotopic (exact) mass is 206 g/mol. The van der Waals surface area contributed by atoms with E-state index in [0.717, 1.165) is 17.9 Å². The molecule has 0 saturated heterocycles. The van der Waals surface area contributed by atoms with Gasteiger partial charge in [-0.3, -0.25) is 0 Å². The van der Waals surface area contributed by atoms with Crippen LogP contribution in [0, 0.1) is 6.92 Å². The van der Waals surface area contributed by atoms with Crippen LogP contribution in [0.2, 0.25) is 0 Å². The molecular weight excluding hydrogens is 188 g/mol. The van der Waals surface area contributed by atoms with Crippen molar-refractivity contribution in [2.75, 3.05) is 17.2 Å². The van der Waals surface area contributed by atoms with Crippen molar-refractivity contribution in [1.82, 2.24) is 9.97 Å². The van der Waals surface area contributed by atoms with Crippen LogP contribution in [0.3, 0.4) is 0 Å². The lowest BCUT2D eigenvalue weighted by Gasteiger charge is -2.15. The summed E-state index contributed by atoms with van der Waals surface area (Å²) in [7, 11) is 0. The van der Waals surface area contributed by atoms with E-state index in [9.17, 15) is 0 Å². The second-order valence-corrected chi connectivity index (χ2v) is 4.44. The number of aromatic nitrogens is 2. The van der Waals surface area contributed by atoms with Gasteiger partial charge in [-0.1, -0.05) is 0 Å². The summed E-state index contributed by atoms with van der Waals surface area (Å²) >= 11 is 0. The summed E-state index contributed by atoms with van der Waals surface area (Å²) in [6, 6.07) is 0. The molecule has 0 amide bonds. The zero-order valence-electron chi connectivity index (χ0n) is 9.59. The van der Waals surface area contributed by atoms with E-state index < -0.39 is 0 Å². The highest BCUT2D eigenvalue weighted by atomic mass is 15.2. The summed E-state index contributed by atoms with van der Waals surface area (Å²) in [5.74, 6) is 1.66. The Kier molecular flexibility index (Phi) is 2.50. The molecule has 1 fully saturated rings. The minimum atomic E-state index is 0.266. The number of rotatable bonds is 4. The molecule has 4 nitrogen and oxygen atoms in total. The molecule has 0 atom stereocenters. The van der Waals surface area contributed by atoms with Gasteiger partial charge in [-0.05, 0) is 33.6 Å². The van der Waals surface area contributed by atoms with E-state index >= 15 is 0 Å².